The molecule has 2 N–H and O–H groups in total. The van der Waals surface area contributed by atoms with Crippen molar-refractivity contribution in [3.8, 4) is 0 Å². The first kappa shape index (κ1) is 16.1. The maximum atomic E-state index is 5.92. The number of ether oxygens (including phenoxy) is 1. The molecule has 0 aromatic heterocycles. The number of hydrogen-bond acceptors (Lipinski definition) is 3. The fraction of sp³-hybridized carbons (Fsp3) is 0.647. The monoisotopic (exact) mass is 292 g/mol. The van der Waals surface area contributed by atoms with Crippen molar-refractivity contribution in [2.24, 2.45) is 0 Å². The molecular weight excluding hydrogens is 262 g/mol. The molecule has 2 rings (SSSR count). The molecule has 0 unspecified atom stereocenters. The van der Waals surface area contributed by atoms with E-state index in [0.29, 0.717) is 0 Å². The van der Waals surface area contributed by atoms with E-state index in [1.165, 1.54) is 17.7 Å². The van der Waals surface area contributed by atoms with E-state index in [-0.39, 0.29) is 0 Å². The van der Waals surface area contributed by atoms with Crippen molar-refractivity contribution in [2.75, 3.05) is 64.6 Å². The topological polar surface area (TPSA) is 38.5 Å². The molecule has 0 atom stereocenters. The summed E-state index contributed by atoms with van der Waals surface area (Å²) in [4.78, 5) is 2.41. The summed E-state index contributed by atoms with van der Waals surface area (Å²) in [5, 5.41) is 0. The molecule has 4 nitrogen and oxygen atoms in total. The van der Waals surface area contributed by atoms with Crippen LogP contribution in [0.15, 0.2) is 18.2 Å². The third kappa shape index (κ3) is 5.21. The van der Waals surface area contributed by atoms with Crippen molar-refractivity contribution >= 4 is 11.4 Å². The maximum absolute atomic E-state index is 5.92. The minimum absolute atomic E-state index is 0.797. The average Bonchev–Trinajstić information content (AvgIpc) is 2.41. The van der Waals surface area contributed by atoms with Gasteiger partial charge in [-0.2, -0.15) is 0 Å². The van der Waals surface area contributed by atoms with Gasteiger partial charge in [-0.1, -0.05) is 6.07 Å². The van der Waals surface area contributed by atoms with Gasteiger partial charge in [0, 0.05) is 30.9 Å². The van der Waals surface area contributed by atoms with E-state index < -0.39 is 0 Å². The van der Waals surface area contributed by atoms with Gasteiger partial charge in [0.1, 0.15) is 0 Å². The minimum atomic E-state index is 0.797. The standard InChI is InChI=1S/C17H30N3O/c1-20(2,3)11-5-12-21-13-10-19-9-4-6-15-7-8-16(18)14-17(15)19/h7-8,14H,4-6,9-13,18H2,1-3H3/q+1. The van der Waals surface area contributed by atoms with Gasteiger partial charge in [0.2, 0.25) is 0 Å². The molecular formula is C17H30N3O+. The zero-order valence-corrected chi connectivity index (χ0v) is 13.8. The highest BCUT2D eigenvalue weighted by atomic mass is 16.5. The fourth-order valence-electron chi connectivity index (χ4n) is 2.82. The van der Waals surface area contributed by atoms with Crippen LogP contribution in [0.2, 0.25) is 0 Å². The van der Waals surface area contributed by atoms with Crippen molar-refractivity contribution in [3.63, 3.8) is 0 Å². The summed E-state index contributed by atoms with van der Waals surface area (Å²) in [7, 11) is 6.65. The fourth-order valence-corrected chi connectivity index (χ4v) is 2.82. The Hall–Kier alpha value is -1.26. The quantitative estimate of drug-likeness (QED) is 0.475. The van der Waals surface area contributed by atoms with Crippen LogP contribution >= 0.6 is 0 Å². The van der Waals surface area contributed by atoms with Gasteiger partial charge < -0.3 is 19.9 Å². The summed E-state index contributed by atoms with van der Waals surface area (Å²) < 4.78 is 6.80. The Morgan fingerprint density at radius 3 is 2.81 bits per heavy atom. The van der Waals surface area contributed by atoms with Crippen LogP contribution in [-0.4, -0.2) is 58.5 Å². The van der Waals surface area contributed by atoms with Crippen LogP contribution in [0.1, 0.15) is 18.4 Å². The smallest absolute Gasteiger partial charge is 0.0802 e. The summed E-state index contributed by atoms with van der Waals surface area (Å²) in [5.41, 5.74) is 9.49. The first-order valence-electron chi connectivity index (χ1n) is 7.97. The van der Waals surface area contributed by atoms with Crippen molar-refractivity contribution in [1.82, 2.24) is 0 Å². The van der Waals surface area contributed by atoms with Crippen LogP contribution < -0.4 is 10.6 Å². The van der Waals surface area contributed by atoms with Crippen molar-refractivity contribution < 1.29 is 9.22 Å². The van der Waals surface area contributed by atoms with Gasteiger partial charge in [-0.05, 0) is 30.5 Å². The second-order valence-electron chi connectivity index (χ2n) is 6.96. The highest BCUT2D eigenvalue weighted by Crippen LogP contribution is 2.28. The van der Waals surface area contributed by atoms with E-state index in [2.05, 4.69) is 38.2 Å². The summed E-state index contributed by atoms with van der Waals surface area (Å²) in [6, 6.07) is 6.27. The number of fused-ring (bicyclic) bond motifs is 1. The number of aryl methyl sites for hydroxylation is 1. The molecule has 21 heavy (non-hydrogen) atoms. The SMILES string of the molecule is C[N+](C)(C)CCCOCCN1CCCc2ccc(N)cc21. The van der Waals surface area contributed by atoms with E-state index in [0.717, 1.165) is 55.9 Å². The summed E-state index contributed by atoms with van der Waals surface area (Å²) in [5.74, 6) is 0. The molecule has 118 valence electrons. The molecule has 1 aliphatic heterocycles. The lowest BCUT2D eigenvalue weighted by Gasteiger charge is -2.31. The lowest BCUT2D eigenvalue weighted by atomic mass is 10.0. The maximum Gasteiger partial charge on any atom is 0.0802 e. The van der Waals surface area contributed by atoms with Crippen LogP contribution in [0.4, 0.5) is 11.4 Å². The van der Waals surface area contributed by atoms with Crippen molar-refractivity contribution in [3.05, 3.63) is 23.8 Å². The molecule has 0 fully saturated rings. The zero-order valence-electron chi connectivity index (χ0n) is 13.8. The Balaban J connectivity index is 1.74. The van der Waals surface area contributed by atoms with Crippen molar-refractivity contribution in [2.45, 2.75) is 19.3 Å². The molecule has 1 aliphatic rings. The van der Waals surface area contributed by atoms with Gasteiger partial charge in [-0.25, -0.2) is 0 Å². The Labute approximate surface area is 129 Å². The number of nitrogens with two attached hydrogens (primary N) is 1. The highest BCUT2D eigenvalue weighted by Gasteiger charge is 2.16. The predicted octanol–water partition coefficient (Wildman–Crippen LogP) is 2.13. The molecule has 4 heteroatoms. The summed E-state index contributed by atoms with van der Waals surface area (Å²) >= 11 is 0. The number of anilines is 2. The van der Waals surface area contributed by atoms with E-state index in [1.54, 1.807) is 0 Å². The number of rotatable bonds is 7. The average molecular weight is 292 g/mol. The number of hydrogen-bond donors (Lipinski definition) is 1. The van der Waals surface area contributed by atoms with E-state index in [1.807, 2.05) is 6.07 Å². The summed E-state index contributed by atoms with van der Waals surface area (Å²) in [6.07, 6.45) is 3.50. The first-order chi connectivity index (χ1) is 9.96. The molecule has 1 aromatic carbocycles. The molecule has 0 amide bonds. The number of quaternary nitrogens is 1. The molecule has 0 aliphatic carbocycles. The van der Waals surface area contributed by atoms with Gasteiger partial charge in [-0.15, -0.1) is 0 Å². The van der Waals surface area contributed by atoms with Crippen LogP contribution in [0, 0.1) is 0 Å². The molecule has 0 spiro atoms. The van der Waals surface area contributed by atoms with E-state index >= 15 is 0 Å². The van der Waals surface area contributed by atoms with Gasteiger partial charge in [-0.3, -0.25) is 0 Å². The first-order valence-corrected chi connectivity index (χ1v) is 7.97. The van der Waals surface area contributed by atoms with Crippen LogP contribution in [-0.2, 0) is 11.2 Å². The molecule has 1 aromatic rings. The van der Waals surface area contributed by atoms with E-state index in [4.69, 9.17) is 10.5 Å². The second kappa shape index (κ2) is 7.14. The molecule has 0 saturated carbocycles. The minimum Gasteiger partial charge on any atom is -0.399 e. The van der Waals surface area contributed by atoms with Crippen molar-refractivity contribution in [1.29, 1.82) is 0 Å². The normalized spacial score (nSPS) is 15.1. The van der Waals surface area contributed by atoms with Gasteiger partial charge in [0.25, 0.3) is 0 Å². The van der Waals surface area contributed by atoms with Gasteiger partial charge >= 0.3 is 0 Å². The Bertz CT molecular complexity index is 454. The molecule has 0 saturated heterocycles. The van der Waals surface area contributed by atoms with Gasteiger partial charge in [0.05, 0.1) is 40.9 Å². The Morgan fingerprint density at radius 1 is 1.24 bits per heavy atom. The third-order valence-corrected chi connectivity index (χ3v) is 3.95. The van der Waals surface area contributed by atoms with Crippen LogP contribution in [0.5, 0.6) is 0 Å². The van der Waals surface area contributed by atoms with Crippen LogP contribution in [0.25, 0.3) is 0 Å². The van der Waals surface area contributed by atoms with Gasteiger partial charge in [0.15, 0.2) is 0 Å². The van der Waals surface area contributed by atoms with Crippen LogP contribution in [0.3, 0.4) is 0 Å². The highest BCUT2D eigenvalue weighted by molar-refractivity contribution is 5.62. The number of benzene rings is 1. The third-order valence-electron chi connectivity index (χ3n) is 3.95. The largest absolute Gasteiger partial charge is 0.399 e. The van der Waals surface area contributed by atoms with E-state index in [9.17, 15) is 0 Å². The predicted molar refractivity (Wildman–Crippen MR) is 89.7 cm³/mol. The molecule has 1 heterocycles. The Morgan fingerprint density at radius 2 is 2.05 bits per heavy atom. The second-order valence-corrected chi connectivity index (χ2v) is 6.96. The Kier molecular flexibility index (Phi) is 5.48. The lowest BCUT2D eigenvalue weighted by Crippen LogP contribution is -2.36. The summed E-state index contributed by atoms with van der Waals surface area (Å²) in [6.45, 7) is 4.88. The lowest BCUT2D eigenvalue weighted by molar-refractivity contribution is -0.870. The number of nitrogen functional groups attached to an aromatic ring is 1. The number of nitrogens with zero attached hydrogens (tertiary/aromatic N) is 2. The zero-order chi connectivity index (χ0) is 15.3. The molecule has 0 bridgehead atoms. The molecule has 0 radical (unpaired) electrons.